The van der Waals surface area contributed by atoms with E-state index in [-0.39, 0.29) is 0 Å². The Morgan fingerprint density at radius 3 is 2.04 bits per heavy atom. The summed E-state index contributed by atoms with van der Waals surface area (Å²) in [6.07, 6.45) is 1.30. The Balaban J connectivity index is 2.39. The van der Waals surface area contributed by atoms with Crippen LogP contribution in [0.3, 0.4) is 0 Å². The Labute approximate surface area is 155 Å². The zero-order valence-electron chi connectivity index (χ0n) is 14.1. The summed E-state index contributed by atoms with van der Waals surface area (Å²) in [5, 5.41) is 0. The first-order valence-corrected chi connectivity index (χ1v) is 8.58. The minimum absolute atomic E-state index is 0.488. The summed E-state index contributed by atoms with van der Waals surface area (Å²) in [6, 6.07) is 17.4. The molecule has 0 saturated heterocycles. The molecule has 0 atom stereocenters. The van der Waals surface area contributed by atoms with Crippen molar-refractivity contribution in [3.05, 3.63) is 75.8 Å². The Morgan fingerprint density at radius 2 is 1.52 bits per heavy atom. The standard InChI is InChI=1S/C20H19BrO4/c1-14(22)24-20(25-15(2)23)18(12-16-6-4-3-5-7-16)13-17-8-10-19(21)11-9-17/h3-11,13,20H,12H2,1-2H3. The molecule has 5 heteroatoms. The first-order valence-electron chi connectivity index (χ1n) is 7.78. The average Bonchev–Trinajstić information content (AvgIpc) is 2.56. The minimum atomic E-state index is -1.06. The maximum absolute atomic E-state index is 11.4. The van der Waals surface area contributed by atoms with E-state index < -0.39 is 18.2 Å². The SMILES string of the molecule is CC(=O)OC(OC(C)=O)C(=Cc1ccc(Br)cc1)Cc1ccccc1. The highest BCUT2D eigenvalue weighted by Crippen LogP contribution is 2.21. The summed E-state index contributed by atoms with van der Waals surface area (Å²) in [5.74, 6) is -1.03. The van der Waals surface area contributed by atoms with E-state index >= 15 is 0 Å². The summed E-state index contributed by atoms with van der Waals surface area (Å²) in [4.78, 5) is 22.9. The molecular formula is C20H19BrO4. The topological polar surface area (TPSA) is 52.6 Å². The largest absolute Gasteiger partial charge is 0.421 e. The zero-order chi connectivity index (χ0) is 18.2. The predicted molar refractivity (Wildman–Crippen MR) is 99.6 cm³/mol. The van der Waals surface area contributed by atoms with E-state index in [0.29, 0.717) is 12.0 Å². The highest BCUT2D eigenvalue weighted by atomic mass is 79.9. The first-order chi connectivity index (χ1) is 11.9. The Kier molecular flexibility index (Phi) is 6.95. The maximum atomic E-state index is 11.4. The van der Waals surface area contributed by atoms with Crippen molar-refractivity contribution in [2.45, 2.75) is 26.6 Å². The minimum Gasteiger partial charge on any atom is -0.421 e. The van der Waals surface area contributed by atoms with Gasteiger partial charge in [0.2, 0.25) is 0 Å². The third-order valence-corrected chi connectivity index (χ3v) is 3.85. The van der Waals surface area contributed by atoms with Crippen LogP contribution in [0.5, 0.6) is 0 Å². The van der Waals surface area contributed by atoms with Gasteiger partial charge in [-0.1, -0.05) is 58.4 Å². The van der Waals surface area contributed by atoms with Gasteiger partial charge in [-0.05, 0) is 29.3 Å². The van der Waals surface area contributed by atoms with Crippen LogP contribution in [0.25, 0.3) is 6.08 Å². The molecule has 0 amide bonds. The smallest absolute Gasteiger partial charge is 0.305 e. The molecule has 0 bridgehead atoms. The van der Waals surface area contributed by atoms with E-state index in [4.69, 9.17) is 9.47 Å². The normalized spacial score (nSPS) is 11.3. The van der Waals surface area contributed by atoms with Crippen LogP contribution in [-0.4, -0.2) is 18.2 Å². The van der Waals surface area contributed by atoms with Gasteiger partial charge in [0.05, 0.1) is 0 Å². The van der Waals surface area contributed by atoms with Crippen molar-refractivity contribution in [1.82, 2.24) is 0 Å². The Bertz CT molecular complexity index is 735. The number of benzene rings is 2. The van der Waals surface area contributed by atoms with Gasteiger partial charge < -0.3 is 9.47 Å². The fourth-order valence-corrected chi connectivity index (χ4v) is 2.55. The Morgan fingerprint density at radius 1 is 0.960 bits per heavy atom. The van der Waals surface area contributed by atoms with Crippen molar-refractivity contribution < 1.29 is 19.1 Å². The summed E-state index contributed by atoms with van der Waals surface area (Å²) in [6.45, 7) is 2.58. The molecule has 0 saturated carbocycles. The lowest BCUT2D eigenvalue weighted by Gasteiger charge is -2.20. The van der Waals surface area contributed by atoms with E-state index in [9.17, 15) is 9.59 Å². The van der Waals surface area contributed by atoms with Crippen LogP contribution in [0.15, 0.2) is 64.6 Å². The number of ether oxygens (including phenoxy) is 2. The fourth-order valence-electron chi connectivity index (χ4n) is 2.28. The number of halogens is 1. The monoisotopic (exact) mass is 402 g/mol. The molecule has 0 heterocycles. The van der Waals surface area contributed by atoms with Crippen LogP contribution in [0, 0.1) is 0 Å². The van der Waals surface area contributed by atoms with Crippen molar-refractivity contribution in [2.75, 3.05) is 0 Å². The second kappa shape index (κ2) is 9.18. The lowest BCUT2D eigenvalue weighted by molar-refractivity contribution is -0.178. The van der Waals surface area contributed by atoms with Gasteiger partial charge in [-0.3, -0.25) is 9.59 Å². The van der Waals surface area contributed by atoms with Crippen LogP contribution >= 0.6 is 15.9 Å². The molecule has 4 nitrogen and oxygen atoms in total. The van der Waals surface area contributed by atoms with E-state index in [2.05, 4.69) is 15.9 Å². The molecule has 0 aliphatic carbocycles. The van der Waals surface area contributed by atoms with Gasteiger partial charge in [-0.2, -0.15) is 0 Å². The fraction of sp³-hybridized carbons (Fsp3) is 0.200. The number of carbonyl (C=O) groups is 2. The molecule has 2 rings (SSSR count). The van der Waals surface area contributed by atoms with E-state index in [1.54, 1.807) is 0 Å². The van der Waals surface area contributed by atoms with Crippen molar-refractivity contribution in [1.29, 1.82) is 0 Å². The molecule has 0 unspecified atom stereocenters. The molecule has 0 aliphatic heterocycles. The van der Waals surface area contributed by atoms with Crippen molar-refractivity contribution >= 4 is 33.9 Å². The van der Waals surface area contributed by atoms with Crippen LogP contribution in [0.2, 0.25) is 0 Å². The zero-order valence-corrected chi connectivity index (χ0v) is 15.7. The molecule has 2 aromatic rings. The number of hydrogen-bond donors (Lipinski definition) is 0. The van der Waals surface area contributed by atoms with Crippen LogP contribution in [0.1, 0.15) is 25.0 Å². The van der Waals surface area contributed by atoms with Crippen molar-refractivity contribution in [3.63, 3.8) is 0 Å². The lowest BCUT2D eigenvalue weighted by atomic mass is 10.0. The average molecular weight is 403 g/mol. The summed E-state index contributed by atoms with van der Waals surface area (Å²) in [5.41, 5.74) is 2.62. The molecule has 0 aromatic heterocycles. The maximum Gasteiger partial charge on any atom is 0.305 e. The molecule has 130 valence electrons. The van der Waals surface area contributed by atoms with Gasteiger partial charge in [-0.15, -0.1) is 0 Å². The Hall–Kier alpha value is -2.40. The summed E-state index contributed by atoms with van der Waals surface area (Å²) >= 11 is 3.40. The first kappa shape index (κ1) is 18.9. The van der Waals surface area contributed by atoms with E-state index in [0.717, 1.165) is 15.6 Å². The number of rotatable bonds is 6. The molecule has 0 aliphatic rings. The second-order valence-electron chi connectivity index (χ2n) is 5.48. The van der Waals surface area contributed by atoms with Crippen LogP contribution in [-0.2, 0) is 25.5 Å². The molecule has 0 radical (unpaired) electrons. The third-order valence-electron chi connectivity index (χ3n) is 3.32. The van der Waals surface area contributed by atoms with Crippen molar-refractivity contribution in [2.24, 2.45) is 0 Å². The predicted octanol–water partition coefficient (Wildman–Crippen LogP) is 4.53. The highest BCUT2D eigenvalue weighted by molar-refractivity contribution is 9.10. The van der Waals surface area contributed by atoms with Gasteiger partial charge in [0.1, 0.15) is 0 Å². The quantitative estimate of drug-likeness (QED) is 0.526. The molecule has 0 spiro atoms. The van der Waals surface area contributed by atoms with Gasteiger partial charge in [0.15, 0.2) is 0 Å². The van der Waals surface area contributed by atoms with Gasteiger partial charge in [0.25, 0.3) is 6.29 Å². The van der Waals surface area contributed by atoms with Crippen molar-refractivity contribution in [3.8, 4) is 0 Å². The van der Waals surface area contributed by atoms with Gasteiger partial charge in [-0.25, -0.2) is 0 Å². The molecule has 0 N–H and O–H groups in total. The van der Waals surface area contributed by atoms with E-state index in [1.807, 2.05) is 60.7 Å². The number of hydrogen-bond acceptors (Lipinski definition) is 4. The highest BCUT2D eigenvalue weighted by Gasteiger charge is 2.21. The molecular weight excluding hydrogens is 384 g/mol. The van der Waals surface area contributed by atoms with E-state index in [1.165, 1.54) is 13.8 Å². The number of carbonyl (C=O) groups excluding carboxylic acids is 2. The second-order valence-corrected chi connectivity index (χ2v) is 6.40. The van der Waals surface area contributed by atoms with Gasteiger partial charge in [0, 0.05) is 30.3 Å². The van der Waals surface area contributed by atoms with Gasteiger partial charge >= 0.3 is 11.9 Å². The number of esters is 2. The lowest BCUT2D eigenvalue weighted by Crippen LogP contribution is -2.25. The van der Waals surface area contributed by atoms with Crippen LogP contribution < -0.4 is 0 Å². The molecule has 2 aromatic carbocycles. The summed E-state index contributed by atoms with van der Waals surface area (Å²) in [7, 11) is 0. The summed E-state index contributed by atoms with van der Waals surface area (Å²) < 4.78 is 11.4. The van der Waals surface area contributed by atoms with Crippen LogP contribution in [0.4, 0.5) is 0 Å². The molecule has 25 heavy (non-hydrogen) atoms. The molecule has 0 fully saturated rings. The third kappa shape index (κ3) is 6.55.